The molecule has 8 nitrogen and oxygen atoms in total. The Bertz CT molecular complexity index is 1920. The Morgan fingerprint density at radius 3 is 2.55 bits per heavy atom. The first-order valence-corrected chi connectivity index (χ1v) is 12.1. The zero-order chi connectivity index (χ0) is 26.6. The highest BCUT2D eigenvalue weighted by Gasteiger charge is 2.25. The third-order valence-electron chi connectivity index (χ3n) is 6.57. The average molecular weight is 527 g/mol. The minimum atomic E-state index is -0.794. The lowest BCUT2D eigenvalue weighted by Crippen LogP contribution is -2.26. The van der Waals surface area contributed by atoms with E-state index in [0.29, 0.717) is 49.5 Å². The number of halogens is 2. The molecule has 0 radical (unpaired) electrons. The van der Waals surface area contributed by atoms with Crippen LogP contribution in [0.2, 0.25) is 5.02 Å². The Kier molecular flexibility index (Phi) is 5.57. The lowest BCUT2D eigenvalue weighted by Gasteiger charge is -2.21. The molecule has 188 valence electrons. The molecule has 0 amide bonds. The van der Waals surface area contributed by atoms with Crippen molar-refractivity contribution >= 4 is 39.2 Å². The second-order valence-electron chi connectivity index (χ2n) is 8.84. The van der Waals surface area contributed by atoms with E-state index in [0.717, 1.165) is 0 Å². The number of fused-ring (bicyclic) bond motifs is 2. The molecule has 38 heavy (non-hydrogen) atoms. The Hall–Kier alpha value is -4.76. The van der Waals surface area contributed by atoms with Gasteiger partial charge in [0.25, 0.3) is 5.56 Å². The van der Waals surface area contributed by atoms with Gasteiger partial charge < -0.3 is 10.8 Å². The molecular weight excluding hydrogens is 507 g/mol. The molecule has 0 aliphatic heterocycles. The largest absolute Gasteiger partial charge is 0.505 e. The number of aromatic nitrogens is 5. The van der Waals surface area contributed by atoms with Crippen molar-refractivity contribution in [3.8, 4) is 22.7 Å². The Balaban J connectivity index is 1.65. The summed E-state index contributed by atoms with van der Waals surface area (Å²) in [5, 5.41) is 16.3. The molecule has 0 aliphatic carbocycles. The van der Waals surface area contributed by atoms with Gasteiger partial charge in [0.05, 0.1) is 27.5 Å². The number of hydrogen-bond acceptors (Lipinski definition) is 6. The quantitative estimate of drug-likeness (QED) is 0.314. The first-order valence-electron chi connectivity index (χ1n) is 11.7. The molecule has 0 bridgehead atoms. The summed E-state index contributed by atoms with van der Waals surface area (Å²) in [6.07, 6.45) is 1.33. The first kappa shape index (κ1) is 23.6. The van der Waals surface area contributed by atoms with Crippen LogP contribution in [-0.2, 0) is 0 Å². The summed E-state index contributed by atoms with van der Waals surface area (Å²) in [6, 6.07) is 19.9. The zero-order valence-corrected chi connectivity index (χ0v) is 20.8. The maximum absolute atomic E-state index is 14.3. The number of rotatable bonds is 4. The second kappa shape index (κ2) is 8.97. The fourth-order valence-electron chi connectivity index (χ4n) is 4.74. The van der Waals surface area contributed by atoms with Crippen LogP contribution in [0.5, 0.6) is 5.75 Å². The number of phenols is 1. The standard InChI is InChI=1S/C28H20ClFN6O2/c1-15(21-13-16-6-5-9-19(29)23(16)28(38)35(21)18-7-3-2-4-8-18)36-27-24(26(31)32-14-33-27)25(34-36)17-10-11-22(37)20(30)12-17/h2-15,37H,1H3,(H2,31,32,33). The van der Waals surface area contributed by atoms with Crippen molar-refractivity contribution in [1.29, 1.82) is 0 Å². The molecule has 1 atom stereocenters. The van der Waals surface area contributed by atoms with Crippen molar-refractivity contribution < 1.29 is 9.50 Å². The summed E-state index contributed by atoms with van der Waals surface area (Å²) >= 11 is 6.45. The first-order chi connectivity index (χ1) is 18.3. The molecule has 0 spiro atoms. The van der Waals surface area contributed by atoms with Crippen molar-refractivity contribution in [3.63, 3.8) is 0 Å². The van der Waals surface area contributed by atoms with Gasteiger partial charge in [0.2, 0.25) is 0 Å². The van der Waals surface area contributed by atoms with E-state index in [1.54, 1.807) is 27.4 Å². The number of pyridine rings is 1. The van der Waals surface area contributed by atoms with Gasteiger partial charge in [-0.15, -0.1) is 0 Å². The van der Waals surface area contributed by atoms with Crippen molar-refractivity contribution in [2.45, 2.75) is 13.0 Å². The molecule has 3 heterocycles. The zero-order valence-electron chi connectivity index (χ0n) is 20.0. The third-order valence-corrected chi connectivity index (χ3v) is 6.89. The number of anilines is 1. The summed E-state index contributed by atoms with van der Waals surface area (Å²) in [4.78, 5) is 22.4. The molecule has 0 saturated heterocycles. The molecule has 6 aromatic rings. The van der Waals surface area contributed by atoms with Crippen molar-refractivity contribution in [2.24, 2.45) is 0 Å². The minimum Gasteiger partial charge on any atom is -0.505 e. The normalized spacial score (nSPS) is 12.3. The summed E-state index contributed by atoms with van der Waals surface area (Å²) < 4.78 is 17.5. The van der Waals surface area contributed by atoms with Crippen LogP contribution in [0.4, 0.5) is 10.2 Å². The molecule has 3 aromatic carbocycles. The van der Waals surface area contributed by atoms with Crippen molar-refractivity contribution in [2.75, 3.05) is 5.73 Å². The van der Waals surface area contributed by atoms with Crippen LogP contribution in [0.15, 0.2) is 83.9 Å². The molecule has 0 saturated carbocycles. The SMILES string of the molecule is CC(c1cc2cccc(Cl)c2c(=O)n1-c1ccccc1)n1nc(-c2ccc(O)c(F)c2)c2c(N)ncnc21. The van der Waals surface area contributed by atoms with Gasteiger partial charge in [-0.2, -0.15) is 5.10 Å². The van der Waals surface area contributed by atoms with E-state index in [9.17, 15) is 14.3 Å². The van der Waals surface area contributed by atoms with Gasteiger partial charge in [-0.1, -0.05) is 41.9 Å². The second-order valence-corrected chi connectivity index (χ2v) is 9.25. The van der Waals surface area contributed by atoms with E-state index in [1.165, 1.54) is 18.5 Å². The number of benzene rings is 3. The van der Waals surface area contributed by atoms with Gasteiger partial charge >= 0.3 is 0 Å². The van der Waals surface area contributed by atoms with E-state index in [-0.39, 0.29) is 11.4 Å². The van der Waals surface area contributed by atoms with Crippen molar-refractivity contribution in [1.82, 2.24) is 24.3 Å². The molecule has 6 rings (SSSR count). The van der Waals surface area contributed by atoms with Gasteiger partial charge in [-0.3, -0.25) is 9.36 Å². The lowest BCUT2D eigenvalue weighted by molar-refractivity contribution is 0.432. The summed E-state index contributed by atoms with van der Waals surface area (Å²) in [5.74, 6) is -1.10. The molecule has 1 unspecified atom stereocenters. The number of nitrogen functional groups attached to an aromatic ring is 1. The number of hydrogen-bond donors (Lipinski definition) is 2. The minimum absolute atomic E-state index is 0.169. The number of nitrogens with zero attached hydrogens (tertiary/aromatic N) is 5. The van der Waals surface area contributed by atoms with Gasteiger partial charge in [-0.25, -0.2) is 19.0 Å². The number of nitrogens with two attached hydrogens (primary N) is 1. The highest BCUT2D eigenvalue weighted by atomic mass is 35.5. The van der Waals surface area contributed by atoms with Crippen LogP contribution in [0.3, 0.4) is 0 Å². The van der Waals surface area contributed by atoms with E-state index in [2.05, 4.69) is 9.97 Å². The smallest absolute Gasteiger partial charge is 0.264 e. The van der Waals surface area contributed by atoms with Crippen LogP contribution < -0.4 is 11.3 Å². The monoisotopic (exact) mass is 526 g/mol. The summed E-state index contributed by atoms with van der Waals surface area (Å²) in [6.45, 7) is 1.89. The number of aromatic hydroxyl groups is 1. The average Bonchev–Trinajstić information content (AvgIpc) is 3.31. The van der Waals surface area contributed by atoms with Crippen LogP contribution >= 0.6 is 11.6 Å². The maximum atomic E-state index is 14.3. The molecule has 0 fully saturated rings. The van der Waals surface area contributed by atoms with E-state index in [4.69, 9.17) is 22.4 Å². The van der Waals surface area contributed by atoms with Crippen LogP contribution in [0.1, 0.15) is 18.7 Å². The van der Waals surface area contributed by atoms with E-state index >= 15 is 0 Å². The Morgan fingerprint density at radius 2 is 1.79 bits per heavy atom. The predicted molar refractivity (Wildman–Crippen MR) is 145 cm³/mol. The van der Waals surface area contributed by atoms with E-state index in [1.807, 2.05) is 49.4 Å². The molecule has 0 aliphatic rings. The highest BCUT2D eigenvalue weighted by molar-refractivity contribution is 6.35. The molecule has 10 heteroatoms. The predicted octanol–water partition coefficient (Wildman–Crippen LogP) is 5.49. The molecule has 3 N–H and O–H groups in total. The Labute approximate surface area is 220 Å². The van der Waals surface area contributed by atoms with Crippen LogP contribution in [0, 0.1) is 5.82 Å². The van der Waals surface area contributed by atoms with E-state index < -0.39 is 17.6 Å². The number of phenolic OH excluding ortho intramolecular Hbond substituents is 1. The topological polar surface area (TPSA) is 112 Å². The molecular formula is C28H20ClFN6O2. The van der Waals surface area contributed by atoms with Gasteiger partial charge in [-0.05, 0) is 54.8 Å². The van der Waals surface area contributed by atoms with Crippen LogP contribution in [-0.4, -0.2) is 29.4 Å². The third kappa shape index (κ3) is 3.67. The lowest BCUT2D eigenvalue weighted by atomic mass is 10.1. The fraction of sp³-hybridized carbons (Fsp3) is 0.0714. The number of para-hydroxylation sites is 1. The Morgan fingerprint density at radius 1 is 1.00 bits per heavy atom. The summed E-state index contributed by atoms with van der Waals surface area (Å²) in [5.41, 5.74) is 8.40. The highest BCUT2D eigenvalue weighted by Crippen LogP contribution is 2.35. The van der Waals surface area contributed by atoms with Gasteiger partial charge in [0.1, 0.15) is 17.8 Å². The van der Waals surface area contributed by atoms with Gasteiger partial charge in [0, 0.05) is 11.3 Å². The van der Waals surface area contributed by atoms with Crippen molar-refractivity contribution in [3.05, 3.63) is 106 Å². The van der Waals surface area contributed by atoms with Crippen LogP contribution in [0.25, 0.3) is 38.8 Å². The van der Waals surface area contributed by atoms with Gasteiger partial charge in [0.15, 0.2) is 17.2 Å². The summed E-state index contributed by atoms with van der Waals surface area (Å²) in [7, 11) is 0. The fourth-order valence-corrected chi connectivity index (χ4v) is 5.00. The maximum Gasteiger partial charge on any atom is 0.264 e. The molecule has 3 aromatic heterocycles.